The number of carbonyl (C=O) groups excluding carboxylic acids is 2. The van der Waals surface area contributed by atoms with Crippen molar-refractivity contribution >= 4 is 12.2 Å². The number of rotatable bonds is 18. The number of nitrogens with zero attached hydrogens (tertiary/aromatic N) is 1. The number of carbonyl (C=O) groups is 2. The van der Waals surface area contributed by atoms with Crippen LogP contribution in [0.5, 0.6) is 0 Å². The lowest BCUT2D eigenvalue weighted by Gasteiger charge is -2.24. The summed E-state index contributed by atoms with van der Waals surface area (Å²) >= 11 is 0. The Kier molecular flexibility index (Phi) is 13.9. The molecule has 0 spiro atoms. The van der Waals surface area contributed by atoms with Gasteiger partial charge in [-0.25, -0.2) is 9.59 Å². The summed E-state index contributed by atoms with van der Waals surface area (Å²) in [6, 6.07) is 8.71. The summed E-state index contributed by atoms with van der Waals surface area (Å²) in [5.41, 5.74) is 6.05. The fourth-order valence-corrected chi connectivity index (χ4v) is 4.14. The SMILES string of the molecule is CCCCCCCCCCCCC=C[C@@H](O)[C@H]1OC(=O)N(OC(N)=O)[C@H]1COCc1ccccc1. The summed E-state index contributed by atoms with van der Waals surface area (Å²) in [5, 5.41) is 11.4. The quantitative estimate of drug-likeness (QED) is 0.204. The van der Waals surface area contributed by atoms with Crippen LogP contribution in [0.2, 0.25) is 0 Å². The first-order valence-electron chi connectivity index (χ1n) is 13.0. The molecular weight excluding hydrogens is 448 g/mol. The van der Waals surface area contributed by atoms with Crippen LogP contribution in [-0.2, 0) is 20.9 Å². The number of hydrogen-bond donors (Lipinski definition) is 2. The minimum atomic E-state index is -1.14. The third kappa shape index (κ3) is 11.1. The first-order chi connectivity index (χ1) is 17.0. The molecule has 3 N–H and O–H groups in total. The molecule has 1 saturated heterocycles. The lowest BCUT2D eigenvalue weighted by molar-refractivity contribution is -0.0970. The van der Waals surface area contributed by atoms with Crippen LogP contribution in [0.1, 0.15) is 83.1 Å². The summed E-state index contributed by atoms with van der Waals surface area (Å²) < 4.78 is 11.0. The predicted molar refractivity (Wildman–Crippen MR) is 134 cm³/mol. The van der Waals surface area contributed by atoms with Crippen molar-refractivity contribution in [2.24, 2.45) is 5.73 Å². The van der Waals surface area contributed by atoms with E-state index in [2.05, 4.69) is 6.92 Å². The number of amides is 2. The Morgan fingerprint density at radius 3 is 2.34 bits per heavy atom. The number of cyclic esters (lactones) is 1. The number of nitrogens with two attached hydrogens (primary N) is 1. The number of aliphatic hydroxyl groups excluding tert-OH is 1. The van der Waals surface area contributed by atoms with Gasteiger partial charge in [0.25, 0.3) is 0 Å². The second-order valence-corrected chi connectivity index (χ2v) is 9.04. The smallest absolute Gasteiger partial charge is 0.438 e. The number of hydrogen-bond acceptors (Lipinski definition) is 6. The first-order valence-corrected chi connectivity index (χ1v) is 13.0. The highest BCUT2D eigenvalue weighted by molar-refractivity contribution is 5.73. The average Bonchev–Trinajstić information content (AvgIpc) is 3.15. The number of ether oxygens (including phenoxy) is 2. The summed E-state index contributed by atoms with van der Waals surface area (Å²) in [7, 11) is 0. The molecule has 0 unspecified atom stereocenters. The maximum absolute atomic E-state index is 12.2. The van der Waals surface area contributed by atoms with Crippen molar-refractivity contribution in [1.29, 1.82) is 0 Å². The Balaban J connectivity index is 1.74. The van der Waals surface area contributed by atoms with Crippen molar-refractivity contribution in [3.8, 4) is 0 Å². The Labute approximate surface area is 209 Å². The van der Waals surface area contributed by atoms with Crippen molar-refractivity contribution in [2.45, 2.75) is 102 Å². The number of primary amides is 1. The van der Waals surface area contributed by atoms with Crippen LogP contribution in [0.15, 0.2) is 42.5 Å². The molecule has 1 aliphatic rings. The third-order valence-electron chi connectivity index (χ3n) is 6.08. The largest absolute Gasteiger partial charge is 0.444 e. The number of unbranched alkanes of at least 4 members (excludes halogenated alkanes) is 10. The molecule has 2 rings (SSSR count). The molecule has 8 heteroatoms. The summed E-state index contributed by atoms with van der Waals surface area (Å²) in [6.45, 7) is 2.54. The van der Waals surface area contributed by atoms with E-state index in [-0.39, 0.29) is 6.61 Å². The van der Waals surface area contributed by atoms with Gasteiger partial charge in [0.05, 0.1) is 13.2 Å². The second kappa shape index (κ2) is 16.9. The van der Waals surface area contributed by atoms with Crippen molar-refractivity contribution in [2.75, 3.05) is 6.61 Å². The Morgan fingerprint density at radius 1 is 1.09 bits per heavy atom. The summed E-state index contributed by atoms with van der Waals surface area (Å²) in [5.74, 6) is 0. The molecular formula is C27H42N2O6. The van der Waals surface area contributed by atoms with Crippen molar-refractivity contribution in [3.63, 3.8) is 0 Å². The van der Waals surface area contributed by atoms with Crippen LogP contribution in [0, 0.1) is 0 Å². The molecule has 35 heavy (non-hydrogen) atoms. The highest BCUT2D eigenvalue weighted by Gasteiger charge is 2.47. The highest BCUT2D eigenvalue weighted by Crippen LogP contribution is 2.24. The van der Waals surface area contributed by atoms with Gasteiger partial charge in [0.2, 0.25) is 0 Å². The molecule has 0 saturated carbocycles. The molecule has 1 heterocycles. The predicted octanol–water partition coefficient (Wildman–Crippen LogP) is 5.63. The third-order valence-corrected chi connectivity index (χ3v) is 6.08. The maximum atomic E-state index is 12.2. The van der Waals surface area contributed by atoms with Crippen LogP contribution in [0.25, 0.3) is 0 Å². The Morgan fingerprint density at radius 2 is 1.71 bits per heavy atom. The zero-order valence-corrected chi connectivity index (χ0v) is 21.0. The molecule has 2 amide bonds. The van der Waals surface area contributed by atoms with E-state index in [1.54, 1.807) is 6.08 Å². The van der Waals surface area contributed by atoms with Crippen LogP contribution in [-0.4, -0.2) is 47.2 Å². The standard InChI is InChI=1S/C27H42N2O6/c1-2-3-4-5-6-7-8-9-10-11-12-16-19-24(30)25-23(29(27(32)34-25)35-26(28)31)21-33-20-22-17-14-13-15-18-22/h13-19,23-25,30H,2-12,20-21H2,1H3,(H2,28,31)/t23-,24+,25-/m0/s1. The van der Waals surface area contributed by atoms with Gasteiger partial charge < -0.3 is 25.2 Å². The van der Waals surface area contributed by atoms with Crippen LogP contribution < -0.4 is 5.73 Å². The van der Waals surface area contributed by atoms with Gasteiger partial charge in [-0.3, -0.25) is 0 Å². The zero-order valence-electron chi connectivity index (χ0n) is 21.0. The van der Waals surface area contributed by atoms with Gasteiger partial charge in [-0.2, -0.15) is 0 Å². The normalized spacial score (nSPS) is 18.7. The molecule has 8 nitrogen and oxygen atoms in total. The van der Waals surface area contributed by atoms with Crippen LogP contribution >= 0.6 is 0 Å². The number of benzene rings is 1. The van der Waals surface area contributed by atoms with Crippen LogP contribution in [0.3, 0.4) is 0 Å². The fraction of sp³-hybridized carbons (Fsp3) is 0.630. The number of aliphatic hydroxyl groups is 1. The first kappa shape index (κ1) is 28.7. The second-order valence-electron chi connectivity index (χ2n) is 9.04. The highest BCUT2D eigenvalue weighted by atomic mass is 16.8. The Hall–Kier alpha value is -2.58. The minimum absolute atomic E-state index is 0.00191. The van der Waals surface area contributed by atoms with E-state index >= 15 is 0 Å². The Bertz CT molecular complexity index is 757. The lowest BCUT2D eigenvalue weighted by atomic mass is 10.0. The molecule has 1 aromatic rings. The van der Waals surface area contributed by atoms with E-state index in [9.17, 15) is 14.7 Å². The van der Waals surface area contributed by atoms with Crippen LogP contribution in [0.4, 0.5) is 9.59 Å². The minimum Gasteiger partial charge on any atom is -0.438 e. The summed E-state index contributed by atoms with van der Waals surface area (Å²) in [4.78, 5) is 28.3. The van der Waals surface area contributed by atoms with Crippen molar-refractivity contribution in [3.05, 3.63) is 48.0 Å². The molecule has 1 aromatic carbocycles. The monoisotopic (exact) mass is 490 g/mol. The van der Waals surface area contributed by atoms with E-state index in [1.165, 1.54) is 51.4 Å². The zero-order chi connectivity index (χ0) is 25.3. The molecule has 1 fully saturated rings. The van der Waals surface area contributed by atoms with Crippen molar-refractivity contribution < 1.29 is 29.0 Å². The van der Waals surface area contributed by atoms with Gasteiger partial charge in [-0.1, -0.05) is 107 Å². The van der Waals surface area contributed by atoms with Gasteiger partial charge in [0, 0.05) is 0 Å². The molecule has 0 aliphatic carbocycles. The summed E-state index contributed by atoms with van der Waals surface area (Å²) in [6.07, 6.45) is 13.0. The van der Waals surface area contributed by atoms with Gasteiger partial charge in [-0.15, -0.1) is 5.06 Å². The van der Waals surface area contributed by atoms with E-state index in [0.717, 1.165) is 29.9 Å². The van der Waals surface area contributed by atoms with E-state index in [0.29, 0.717) is 6.61 Å². The number of hydroxylamine groups is 2. The van der Waals surface area contributed by atoms with Gasteiger partial charge in [0.15, 0.2) is 6.10 Å². The molecule has 3 atom stereocenters. The van der Waals surface area contributed by atoms with Gasteiger partial charge in [0.1, 0.15) is 12.1 Å². The van der Waals surface area contributed by atoms with E-state index in [4.69, 9.17) is 20.0 Å². The van der Waals surface area contributed by atoms with E-state index < -0.39 is 30.4 Å². The number of allylic oxidation sites excluding steroid dienone is 1. The molecule has 1 aliphatic heterocycles. The van der Waals surface area contributed by atoms with Crippen molar-refractivity contribution in [1.82, 2.24) is 5.06 Å². The maximum Gasteiger partial charge on any atom is 0.444 e. The molecule has 0 bridgehead atoms. The lowest BCUT2D eigenvalue weighted by Crippen LogP contribution is -2.45. The molecule has 196 valence electrons. The van der Waals surface area contributed by atoms with Gasteiger partial charge in [-0.05, 0) is 18.4 Å². The molecule has 0 aromatic heterocycles. The topological polar surface area (TPSA) is 111 Å². The fourth-order valence-electron chi connectivity index (χ4n) is 4.14. The average molecular weight is 491 g/mol. The van der Waals surface area contributed by atoms with E-state index in [1.807, 2.05) is 36.4 Å². The molecule has 0 radical (unpaired) electrons. The van der Waals surface area contributed by atoms with Gasteiger partial charge >= 0.3 is 12.2 Å².